The van der Waals surface area contributed by atoms with Gasteiger partial charge in [-0.2, -0.15) is 5.26 Å². The zero-order chi connectivity index (χ0) is 21.3. The van der Waals surface area contributed by atoms with E-state index < -0.39 is 5.91 Å². The minimum Gasteiger partial charge on any atom is -0.493 e. The topological polar surface area (TPSA) is 83.4 Å². The fourth-order valence-electron chi connectivity index (χ4n) is 2.78. The Morgan fingerprint density at radius 3 is 2.13 bits per heavy atom. The lowest BCUT2D eigenvalue weighted by Gasteiger charge is -2.10. The third kappa shape index (κ3) is 5.18. The number of methoxy groups -OCH3 is 2. The molecule has 1 amide bonds. The van der Waals surface area contributed by atoms with Gasteiger partial charge in [0, 0.05) is 23.1 Å². The lowest BCUT2D eigenvalue weighted by atomic mass is 10.1. The van der Waals surface area contributed by atoms with Gasteiger partial charge in [-0.25, -0.2) is 0 Å². The Morgan fingerprint density at radius 1 is 0.867 bits per heavy atom. The molecule has 0 saturated heterocycles. The van der Waals surface area contributed by atoms with E-state index in [0.717, 1.165) is 16.9 Å². The molecule has 0 fully saturated rings. The van der Waals surface area contributed by atoms with Crippen molar-refractivity contribution >= 4 is 29.0 Å². The van der Waals surface area contributed by atoms with E-state index in [0.29, 0.717) is 17.2 Å². The molecule has 3 rings (SSSR count). The van der Waals surface area contributed by atoms with Crippen molar-refractivity contribution in [1.29, 1.82) is 5.26 Å². The van der Waals surface area contributed by atoms with Crippen molar-refractivity contribution in [2.45, 2.75) is 0 Å². The maximum atomic E-state index is 12.5. The first kappa shape index (κ1) is 20.5. The number of amides is 1. The molecular formula is C24H21N3O3. The lowest BCUT2D eigenvalue weighted by molar-refractivity contribution is -0.112. The molecule has 0 spiro atoms. The van der Waals surface area contributed by atoms with Crippen molar-refractivity contribution < 1.29 is 14.3 Å². The second-order valence-corrected chi connectivity index (χ2v) is 6.31. The smallest absolute Gasteiger partial charge is 0.266 e. The number of rotatable bonds is 7. The Bertz CT molecular complexity index is 1080. The van der Waals surface area contributed by atoms with Crippen LogP contribution in [0, 0.1) is 11.3 Å². The van der Waals surface area contributed by atoms with Crippen molar-refractivity contribution in [2.24, 2.45) is 0 Å². The molecule has 0 unspecified atom stereocenters. The number of hydrogen-bond donors (Lipinski definition) is 2. The van der Waals surface area contributed by atoms with Gasteiger partial charge in [-0.3, -0.25) is 4.79 Å². The van der Waals surface area contributed by atoms with E-state index in [-0.39, 0.29) is 5.57 Å². The van der Waals surface area contributed by atoms with Crippen LogP contribution in [0.1, 0.15) is 5.56 Å². The number of carbonyl (C=O) groups excluding carboxylic acids is 1. The quantitative estimate of drug-likeness (QED) is 0.432. The number of nitrogens with zero attached hydrogens (tertiary/aromatic N) is 1. The third-order valence-electron chi connectivity index (χ3n) is 4.29. The molecule has 0 heterocycles. The molecule has 3 aromatic rings. The molecule has 0 aliphatic rings. The first-order valence-electron chi connectivity index (χ1n) is 9.20. The standard InChI is InChI=1S/C24H21N3O3/c1-29-22-13-12-21(15-23(22)30-2)27-24(28)18(16-25)14-17-8-10-20(11-9-17)26-19-6-4-3-5-7-19/h3-15,26H,1-2H3,(H,27,28)/b18-14+. The second kappa shape index (κ2) is 9.80. The van der Waals surface area contributed by atoms with Crippen LogP contribution in [0.5, 0.6) is 11.5 Å². The van der Waals surface area contributed by atoms with Crippen LogP contribution in [-0.4, -0.2) is 20.1 Å². The Balaban J connectivity index is 1.72. The number of ether oxygens (including phenoxy) is 2. The van der Waals surface area contributed by atoms with Crippen LogP contribution in [0.4, 0.5) is 17.1 Å². The van der Waals surface area contributed by atoms with Crippen molar-refractivity contribution in [2.75, 3.05) is 24.9 Å². The van der Waals surface area contributed by atoms with Gasteiger partial charge in [0.25, 0.3) is 5.91 Å². The molecule has 30 heavy (non-hydrogen) atoms. The summed E-state index contributed by atoms with van der Waals surface area (Å²) in [5, 5.41) is 15.4. The molecule has 0 saturated carbocycles. The average Bonchev–Trinajstić information content (AvgIpc) is 2.79. The number of hydrogen-bond acceptors (Lipinski definition) is 5. The van der Waals surface area contributed by atoms with Crippen molar-refractivity contribution in [3.05, 3.63) is 83.9 Å². The monoisotopic (exact) mass is 399 g/mol. The number of carbonyl (C=O) groups is 1. The normalized spacial score (nSPS) is 10.6. The van der Waals surface area contributed by atoms with Crippen molar-refractivity contribution in [3.8, 4) is 17.6 Å². The van der Waals surface area contributed by atoms with E-state index in [1.54, 1.807) is 24.3 Å². The molecular weight excluding hydrogens is 378 g/mol. The van der Waals surface area contributed by atoms with Gasteiger partial charge in [0.05, 0.1) is 14.2 Å². The van der Waals surface area contributed by atoms with Gasteiger partial charge in [0.2, 0.25) is 0 Å². The largest absolute Gasteiger partial charge is 0.493 e. The van der Waals surface area contributed by atoms with E-state index in [2.05, 4.69) is 10.6 Å². The highest BCUT2D eigenvalue weighted by atomic mass is 16.5. The average molecular weight is 399 g/mol. The molecule has 6 heteroatoms. The van der Waals surface area contributed by atoms with Crippen LogP contribution < -0.4 is 20.1 Å². The summed E-state index contributed by atoms with van der Waals surface area (Å²) in [5.41, 5.74) is 3.13. The number of benzene rings is 3. The number of anilines is 3. The number of para-hydroxylation sites is 1. The van der Waals surface area contributed by atoms with Crippen LogP contribution in [0.3, 0.4) is 0 Å². The Kier molecular flexibility index (Phi) is 6.70. The summed E-state index contributed by atoms with van der Waals surface area (Å²) in [4.78, 5) is 12.5. The highest BCUT2D eigenvalue weighted by Gasteiger charge is 2.12. The van der Waals surface area contributed by atoms with Crippen molar-refractivity contribution in [1.82, 2.24) is 0 Å². The lowest BCUT2D eigenvalue weighted by Crippen LogP contribution is -2.13. The number of nitriles is 1. The molecule has 0 radical (unpaired) electrons. The third-order valence-corrected chi connectivity index (χ3v) is 4.29. The van der Waals surface area contributed by atoms with E-state index >= 15 is 0 Å². The Hall–Kier alpha value is -4.24. The summed E-state index contributed by atoms with van der Waals surface area (Å²) in [6, 6.07) is 24.2. The molecule has 2 N–H and O–H groups in total. The summed E-state index contributed by atoms with van der Waals surface area (Å²) in [6.45, 7) is 0. The van der Waals surface area contributed by atoms with Gasteiger partial charge in [-0.05, 0) is 48.0 Å². The molecule has 6 nitrogen and oxygen atoms in total. The molecule has 0 atom stereocenters. The Morgan fingerprint density at radius 2 is 1.50 bits per heavy atom. The van der Waals surface area contributed by atoms with Gasteiger partial charge in [-0.1, -0.05) is 30.3 Å². The van der Waals surface area contributed by atoms with Crippen molar-refractivity contribution in [3.63, 3.8) is 0 Å². The van der Waals surface area contributed by atoms with E-state index in [1.165, 1.54) is 14.2 Å². The van der Waals surface area contributed by atoms with Gasteiger partial charge < -0.3 is 20.1 Å². The van der Waals surface area contributed by atoms with Gasteiger partial charge >= 0.3 is 0 Å². The zero-order valence-corrected chi connectivity index (χ0v) is 16.7. The maximum Gasteiger partial charge on any atom is 0.266 e. The minimum absolute atomic E-state index is 0.00597. The highest BCUT2D eigenvalue weighted by Crippen LogP contribution is 2.30. The molecule has 0 aliphatic carbocycles. The SMILES string of the molecule is COc1ccc(NC(=O)/C(C#N)=C/c2ccc(Nc3ccccc3)cc2)cc1OC. The Labute approximate surface area is 175 Å². The maximum absolute atomic E-state index is 12.5. The molecule has 0 aliphatic heterocycles. The summed E-state index contributed by atoms with van der Waals surface area (Å²) in [7, 11) is 3.05. The number of nitrogens with one attached hydrogen (secondary N) is 2. The fourth-order valence-corrected chi connectivity index (χ4v) is 2.78. The van der Waals surface area contributed by atoms with Gasteiger partial charge in [0.1, 0.15) is 11.6 Å². The van der Waals surface area contributed by atoms with Crippen LogP contribution in [0.15, 0.2) is 78.4 Å². The van der Waals surface area contributed by atoms with Gasteiger partial charge in [-0.15, -0.1) is 0 Å². The summed E-state index contributed by atoms with van der Waals surface area (Å²) < 4.78 is 10.4. The summed E-state index contributed by atoms with van der Waals surface area (Å²) in [5.74, 6) is 0.534. The van der Waals surface area contributed by atoms with E-state index in [4.69, 9.17) is 9.47 Å². The first-order valence-corrected chi connectivity index (χ1v) is 9.20. The predicted octanol–water partition coefficient (Wildman–Crippen LogP) is 4.99. The molecule has 0 bridgehead atoms. The summed E-state index contributed by atoms with van der Waals surface area (Å²) in [6.07, 6.45) is 1.54. The molecule has 3 aromatic carbocycles. The molecule has 150 valence electrons. The van der Waals surface area contributed by atoms with Crippen LogP contribution in [-0.2, 0) is 4.79 Å². The minimum atomic E-state index is -0.504. The van der Waals surface area contributed by atoms with Crippen LogP contribution in [0.2, 0.25) is 0 Å². The zero-order valence-electron chi connectivity index (χ0n) is 16.7. The summed E-state index contributed by atoms with van der Waals surface area (Å²) >= 11 is 0. The van der Waals surface area contributed by atoms with Crippen LogP contribution in [0.25, 0.3) is 6.08 Å². The van der Waals surface area contributed by atoms with E-state index in [1.807, 2.05) is 60.7 Å². The molecule has 0 aromatic heterocycles. The second-order valence-electron chi connectivity index (χ2n) is 6.31. The van der Waals surface area contributed by atoms with Crippen LogP contribution >= 0.6 is 0 Å². The predicted molar refractivity (Wildman–Crippen MR) is 118 cm³/mol. The highest BCUT2D eigenvalue weighted by molar-refractivity contribution is 6.09. The van der Waals surface area contributed by atoms with E-state index in [9.17, 15) is 10.1 Å². The fraction of sp³-hybridized carbons (Fsp3) is 0.0833. The first-order chi connectivity index (χ1) is 14.6. The van der Waals surface area contributed by atoms with Gasteiger partial charge in [0.15, 0.2) is 11.5 Å².